The normalized spacial score (nSPS) is 12.6. The maximum Gasteiger partial charge on any atom is 0.125 e. The van der Waals surface area contributed by atoms with E-state index in [1.54, 1.807) is 0 Å². The molecule has 0 aliphatic carbocycles. The third-order valence-electron chi connectivity index (χ3n) is 3.06. The second-order valence-corrected chi connectivity index (χ2v) is 4.29. The smallest absolute Gasteiger partial charge is 0.125 e. The van der Waals surface area contributed by atoms with E-state index in [0.717, 1.165) is 16.3 Å². The van der Waals surface area contributed by atoms with Crippen LogP contribution in [0.25, 0.3) is 10.8 Å². The molecule has 0 fully saturated rings. The third kappa shape index (κ3) is 2.63. The summed E-state index contributed by atoms with van der Waals surface area (Å²) in [6.45, 7) is 2.09. The number of hydrogen-bond acceptors (Lipinski definition) is 3. The van der Waals surface area contributed by atoms with E-state index in [-0.39, 0.29) is 13.2 Å². The van der Waals surface area contributed by atoms with Gasteiger partial charge in [0.05, 0.1) is 12.7 Å². The number of aliphatic hydroxyl groups excluding tert-OH is 2. The topological polar surface area (TPSA) is 49.7 Å². The largest absolute Gasteiger partial charge is 0.490 e. The van der Waals surface area contributed by atoms with E-state index in [0.29, 0.717) is 12.2 Å². The highest BCUT2D eigenvalue weighted by Crippen LogP contribution is 2.28. The van der Waals surface area contributed by atoms with Crippen molar-refractivity contribution in [2.24, 2.45) is 0 Å². The molecule has 0 amide bonds. The lowest BCUT2D eigenvalue weighted by molar-refractivity contribution is 0.103. The van der Waals surface area contributed by atoms with Crippen LogP contribution in [0.1, 0.15) is 18.9 Å². The van der Waals surface area contributed by atoms with Gasteiger partial charge >= 0.3 is 0 Å². The summed E-state index contributed by atoms with van der Waals surface area (Å²) in [5.74, 6) is 0.642. The Morgan fingerprint density at radius 1 is 1.17 bits per heavy atom. The molecule has 0 heterocycles. The Hall–Kier alpha value is -1.58. The van der Waals surface area contributed by atoms with Crippen LogP contribution < -0.4 is 4.74 Å². The predicted octanol–water partition coefficient (Wildman–Crippen LogP) is 2.48. The number of ether oxygens (including phenoxy) is 1. The van der Waals surface area contributed by atoms with E-state index in [9.17, 15) is 10.2 Å². The highest BCUT2D eigenvalue weighted by atomic mass is 16.5. The summed E-state index contributed by atoms with van der Waals surface area (Å²) in [5.41, 5.74) is 0.774. The Bertz CT molecular complexity index is 522. The molecule has 0 saturated carbocycles. The van der Waals surface area contributed by atoms with Crippen molar-refractivity contribution in [3.05, 3.63) is 42.0 Å². The molecule has 2 aromatic rings. The van der Waals surface area contributed by atoms with Crippen molar-refractivity contribution in [1.29, 1.82) is 0 Å². The molecule has 0 spiro atoms. The highest BCUT2D eigenvalue weighted by molar-refractivity contribution is 5.87. The minimum absolute atomic E-state index is 0.0705. The van der Waals surface area contributed by atoms with E-state index in [1.807, 2.05) is 43.3 Å². The summed E-state index contributed by atoms with van der Waals surface area (Å²) in [7, 11) is 0. The summed E-state index contributed by atoms with van der Waals surface area (Å²) in [5, 5.41) is 21.1. The quantitative estimate of drug-likeness (QED) is 0.852. The van der Waals surface area contributed by atoms with Gasteiger partial charge in [0.15, 0.2) is 0 Å². The Morgan fingerprint density at radius 3 is 2.67 bits per heavy atom. The fraction of sp³-hybridized carbons (Fsp3) is 0.333. The van der Waals surface area contributed by atoms with Crippen LogP contribution in [0.2, 0.25) is 0 Å². The number of aliphatic hydroxyl groups is 2. The molecule has 0 radical (unpaired) electrons. The van der Waals surface area contributed by atoms with Crippen molar-refractivity contribution >= 4 is 10.8 Å². The maximum atomic E-state index is 9.51. The van der Waals surface area contributed by atoms with E-state index >= 15 is 0 Å². The minimum atomic E-state index is -0.469. The van der Waals surface area contributed by atoms with Crippen molar-refractivity contribution in [2.45, 2.75) is 26.1 Å². The summed E-state index contributed by atoms with van der Waals surface area (Å²) in [4.78, 5) is 0. The first-order chi connectivity index (χ1) is 8.76. The molecule has 2 aromatic carbocycles. The Labute approximate surface area is 107 Å². The van der Waals surface area contributed by atoms with E-state index < -0.39 is 6.10 Å². The molecule has 0 aromatic heterocycles. The zero-order chi connectivity index (χ0) is 13.0. The Kier molecular flexibility index (Phi) is 4.18. The molecule has 0 bridgehead atoms. The number of rotatable bonds is 5. The molecule has 1 unspecified atom stereocenters. The van der Waals surface area contributed by atoms with Gasteiger partial charge in [-0.15, -0.1) is 0 Å². The zero-order valence-electron chi connectivity index (χ0n) is 10.5. The summed E-state index contributed by atoms with van der Waals surface area (Å²) in [6.07, 6.45) is 0.185. The van der Waals surface area contributed by atoms with Crippen molar-refractivity contribution < 1.29 is 14.9 Å². The van der Waals surface area contributed by atoms with Gasteiger partial charge in [-0.3, -0.25) is 0 Å². The van der Waals surface area contributed by atoms with E-state index in [4.69, 9.17) is 4.74 Å². The van der Waals surface area contributed by atoms with Crippen LogP contribution in [0.3, 0.4) is 0 Å². The van der Waals surface area contributed by atoms with E-state index in [2.05, 4.69) is 0 Å². The minimum Gasteiger partial charge on any atom is -0.490 e. The van der Waals surface area contributed by atoms with Gasteiger partial charge in [-0.2, -0.15) is 0 Å². The molecular weight excluding hydrogens is 228 g/mol. The van der Waals surface area contributed by atoms with Gasteiger partial charge in [0.2, 0.25) is 0 Å². The van der Waals surface area contributed by atoms with Gasteiger partial charge in [-0.1, -0.05) is 37.3 Å². The lowest BCUT2D eigenvalue weighted by atomic mass is 10.0. The molecule has 3 heteroatoms. The van der Waals surface area contributed by atoms with Crippen LogP contribution >= 0.6 is 0 Å². The summed E-state index contributed by atoms with van der Waals surface area (Å²) < 4.78 is 5.58. The van der Waals surface area contributed by atoms with Gasteiger partial charge in [0.1, 0.15) is 12.4 Å². The summed E-state index contributed by atoms with van der Waals surface area (Å²) >= 11 is 0. The zero-order valence-corrected chi connectivity index (χ0v) is 10.5. The molecule has 1 atom stereocenters. The molecule has 96 valence electrons. The molecule has 0 saturated heterocycles. The molecule has 2 rings (SSSR count). The van der Waals surface area contributed by atoms with Crippen LogP contribution in [-0.4, -0.2) is 22.9 Å². The van der Waals surface area contributed by atoms with Crippen molar-refractivity contribution in [1.82, 2.24) is 0 Å². The van der Waals surface area contributed by atoms with Crippen LogP contribution in [0, 0.1) is 0 Å². The first-order valence-corrected chi connectivity index (χ1v) is 6.18. The highest BCUT2D eigenvalue weighted by Gasteiger charge is 2.09. The van der Waals surface area contributed by atoms with Crippen molar-refractivity contribution in [3.63, 3.8) is 0 Å². The van der Waals surface area contributed by atoms with Gasteiger partial charge in [0, 0.05) is 5.56 Å². The van der Waals surface area contributed by atoms with Crippen molar-refractivity contribution in [3.8, 4) is 5.75 Å². The second-order valence-electron chi connectivity index (χ2n) is 4.29. The van der Waals surface area contributed by atoms with Crippen LogP contribution in [0.5, 0.6) is 5.75 Å². The average Bonchev–Trinajstić information content (AvgIpc) is 2.43. The molecule has 0 aliphatic heterocycles. The maximum absolute atomic E-state index is 9.51. The lowest BCUT2D eigenvalue weighted by Gasteiger charge is -2.14. The summed E-state index contributed by atoms with van der Waals surface area (Å²) in [6, 6.07) is 11.7. The third-order valence-corrected chi connectivity index (χ3v) is 3.06. The molecule has 18 heavy (non-hydrogen) atoms. The molecule has 2 N–H and O–H groups in total. The fourth-order valence-electron chi connectivity index (χ4n) is 1.92. The Balaban J connectivity index is 2.33. The molecule has 3 nitrogen and oxygen atoms in total. The monoisotopic (exact) mass is 246 g/mol. The van der Waals surface area contributed by atoms with Gasteiger partial charge in [0.25, 0.3) is 0 Å². The average molecular weight is 246 g/mol. The standard InChI is InChI=1S/C15H18O3/c1-2-12(17)10-18-15-8-7-11-5-3-4-6-13(11)14(15)9-16/h3-8,12,16-17H,2,9-10H2,1H3. The van der Waals surface area contributed by atoms with E-state index in [1.165, 1.54) is 0 Å². The number of hydrogen-bond donors (Lipinski definition) is 2. The second kappa shape index (κ2) is 5.85. The SMILES string of the molecule is CCC(O)COc1ccc2ccccc2c1CO. The first kappa shape index (κ1) is 12.9. The van der Waals surface area contributed by atoms with Crippen LogP contribution in [-0.2, 0) is 6.61 Å². The van der Waals surface area contributed by atoms with Gasteiger partial charge in [-0.25, -0.2) is 0 Å². The Morgan fingerprint density at radius 2 is 1.94 bits per heavy atom. The molecular formula is C15H18O3. The number of fused-ring (bicyclic) bond motifs is 1. The van der Waals surface area contributed by atoms with Crippen molar-refractivity contribution in [2.75, 3.05) is 6.61 Å². The fourth-order valence-corrected chi connectivity index (χ4v) is 1.92. The predicted molar refractivity (Wildman–Crippen MR) is 71.7 cm³/mol. The molecule has 0 aliphatic rings. The lowest BCUT2D eigenvalue weighted by Crippen LogP contribution is -2.16. The number of benzene rings is 2. The van der Waals surface area contributed by atoms with Gasteiger partial charge in [-0.05, 0) is 23.3 Å². The van der Waals surface area contributed by atoms with Crippen LogP contribution in [0.15, 0.2) is 36.4 Å². The van der Waals surface area contributed by atoms with Crippen LogP contribution in [0.4, 0.5) is 0 Å². The van der Waals surface area contributed by atoms with Gasteiger partial charge < -0.3 is 14.9 Å². The first-order valence-electron chi connectivity index (χ1n) is 6.18.